The quantitative estimate of drug-likeness (QED) is 0.788. The lowest BCUT2D eigenvalue weighted by Crippen LogP contribution is -2.43. The van der Waals surface area contributed by atoms with Crippen molar-refractivity contribution < 1.29 is 17.9 Å². The highest BCUT2D eigenvalue weighted by Gasteiger charge is 2.58. The van der Waals surface area contributed by atoms with Crippen LogP contribution in [0.15, 0.2) is 18.3 Å². The molecule has 2 aliphatic carbocycles. The molecule has 0 unspecified atom stereocenters. The smallest absolute Gasteiger partial charge is 0.383 e. The van der Waals surface area contributed by atoms with E-state index in [1.54, 1.807) is 0 Å². The molecule has 0 amide bonds. The average molecular weight is 435 g/mol. The summed E-state index contributed by atoms with van der Waals surface area (Å²) in [5.41, 5.74) is 6.55. The molecule has 2 aromatic rings. The summed E-state index contributed by atoms with van der Waals surface area (Å²) in [6.45, 7) is 7.75. The van der Waals surface area contributed by atoms with E-state index in [1.807, 2.05) is 10.7 Å². The molecule has 168 valence electrons. The van der Waals surface area contributed by atoms with Crippen molar-refractivity contribution in [1.82, 2.24) is 19.7 Å². The van der Waals surface area contributed by atoms with Crippen LogP contribution in [-0.2, 0) is 10.9 Å². The second-order valence-corrected chi connectivity index (χ2v) is 9.27. The van der Waals surface area contributed by atoms with E-state index in [2.05, 4.69) is 28.8 Å². The maximum absolute atomic E-state index is 13.3. The third-order valence-corrected chi connectivity index (χ3v) is 7.10. The number of ether oxygens (including phenoxy) is 1. The molecule has 3 aliphatic rings. The van der Waals surface area contributed by atoms with E-state index >= 15 is 0 Å². The molecular formula is C22H28F3N5O. The number of hydrogen-bond donors (Lipinski definition) is 1. The molecule has 3 fully saturated rings. The number of alkyl halides is 3. The maximum Gasteiger partial charge on any atom is 0.419 e. The van der Waals surface area contributed by atoms with Crippen molar-refractivity contribution >= 4 is 5.82 Å². The van der Waals surface area contributed by atoms with Crippen LogP contribution in [0, 0.1) is 11.8 Å². The summed E-state index contributed by atoms with van der Waals surface area (Å²) >= 11 is 0. The maximum atomic E-state index is 13.3. The first-order chi connectivity index (χ1) is 14.7. The molecule has 3 heterocycles. The Bertz CT molecular complexity index is 955. The summed E-state index contributed by atoms with van der Waals surface area (Å²) in [5.74, 6) is 1.19. The molecule has 4 atom stereocenters. The van der Waals surface area contributed by atoms with Gasteiger partial charge in [0.2, 0.25) is 0 Å². The molecule has 1 saturated heterocycles. The van der Waals surface area contributed by atoms with Gasteiger partial charge in [-0.1, -0.05) is 0 Å². The van der Waals surface area contributed by atoms with Gasteiger partial charge in [-0.15, -0.1) is 0 Å². The number of morpholine rings is 1. The van der Waals surface area contributed by atoms with Crippen LogP contribution in [-0.4, -0.2) is 52.0 Å². The van der Waals surface area contributed by atoms with Gasteiger partial charge in [0.15, 0.2) is 0 Å². The molecule has 0 radical (unpaired) electrons. The first kappa shape index (κ1) is 20.8. The monoisotopic (exact) mass is 435 g/mol. The summed E-state index contributed by atoms with van der Waals surface area (Å²) in [5, 5.41) is 4.67. The Balaban J connectivity index is 1.39. The molecular weight excluding hydrogens is 407 g/mol. The van der Waals surface area contributed by atoms with Crippen LogP contribution in [0.2, 0.25) is 0 Å². The number of pyridine rings is 1. The molecule has 0 bridgehead atoms. The Morgan fingerprint density at radius 3 is 2.42 bits per heavy atom. The van der Waals surface area contributed by atoms with Gasteiger partial charge >= 0.3 is 6.18 Å². The zero-order valence-corrected chi connectivity index (χ0v) is 17.8. The Morgan fingerprint density at radius 2 is 1.81 bits per heavy atom. The summed E-state index contributed by atoms with van der Waals surface area (Å²) < 4.78 is 47.3. The molecule has 0 spiro atoms. The predicted molar refractivity (Wildman–Crippen MR) is 110 cm³/mol. The standard InChI is InChI=1S/C22H28F3N5O/c1-12(2)30-19(20-15-8-14(9-16(15)20)29-3-5-31-6-4-29)10-18(28-30)13-7-17(22(23,24)25)21(26)27-11-13/h7,10-12,14-16,20H,3-6,8-9H2,1-2H3,(H2,26,27)/t14-,15+,16-,20-. The second-order valence-electron chi connectivity index (χ2n) is 9.27. The molecule has 2 N–H and O–H groups in total. The van der Waals surface area contributed by atoms with Crippen molar-refractivity contribution in [1.29, 1.82) is 0 Å². The number of nitrogens with two attached hydrogens (primary N) is 1. The minimum Gasteiger partial charge on any atom is -0.383 e. The molecule has 2 saturated carbocycles. The van der Waals surface area contributed by atoms with Gasteiger partial charge in [0.05, 0.1) is 24.5 Å². The van der Waals surface area contributed by atoms with Crippen molar-refractivity contribution in [3.05, 3.63) is 29.6 Å². The number of nitrogen functional groups attached to an aromatic ring is 1. The molecule has 1 aliphatic heterocycles. The highest BCUT2D eigenvalue weighted by atomic mass is 19.4. The number of halogens is 3. The number of aromatic nitrogens is 3. The molecule has 31 heavy (non-hydrogen) atoms. The van der Waals surface area contributed by atoms with Crippen LogP contribution in [0.3, 0.4) is 0 Å². The van der Waals surface area contributed by atoms with Crippen LogP contribution in [0.25, 0.3) is 11.3 Å². The Morgan fingerprint density at radius 1 is 1.13 bits per heavy atom. The van der Waals surface area contributed by atoms with Gasteiger partial charge in [-0.3, -0.25) is 9.58 Å². The fraction of sp³-hybridized carbons (Fsp3) is 0.636. The third kappa shape index (κ3) is 3.71. The molecule has 9 heteroatoms. The van der Waals surface area contributed by atoms with Crippen molar-refractivity contribution in [2.45, 2.75) is 50.9 Å². The number of rotatable bonds is 4. The highest BCUT2D eigenvalue weighted by Crippen LogP contribution is 2.64. The van der Waals surface area contributed by atoms with Gasteiger partial charge < -0.3 is 10.5 Å². The SMILES string of the molecule is CC(C)n1nc(-c2cnc(N)c(C(F)(F)F)c2)cc1[C@H]1[C@@H]2C[C@H](N3CCOCC3)C[C@@H]21. The van der Waals surface area contributed by atoms with Gasteiger partial charge in [-0.05, 0) is 50.7 Å². The molecule has 0 aromatic carbocycles. The lowest BCUT2D eigenvalue weighted by molar-refractivity contribution is -0.137. The first-order valence-corrected chi connectivity index (χ1v) is 11.0. The number of anilines is 1. The summed E-state index contributed by atoms with van der Waals surface area (Å²) in [7, 11) is 0. The van der Waals surface area contributed by atoms with Crippen molar-refractivity contribution in [2.24, 2.45) is 11.8 Å². The van der Waals surface area contributed by atoms with Crippen LogP contribution in [0.1, 0.15) is 49.9 Å². The molecule has 2 aromatic heterocycles. The Kier molecular flexibility index (Phi) is 5.01. The van der Waals surface area contributed by atoms with Crippen molar-refractivity contribution in [3.63, 3.8) is 0 Å². The normalized spacial score (nSPS) is 28.8. The second kappa shape index (κ2) is 7.48. The van der Waals surface area contributed by atoms with Crippen LogP contribution in [0.4, 0.5) is 19.0 Å². The minimum atomic E-state index is -4.54. The van der Waals surface area contributed by atoms with Crippen LogP contribution in [0.5, 0.6) is 0 Å². The van der Waals surface area contributed by atoms with E-state index in [9.17, 15) is 13.2 Å². The molecule has 5 rings (SSSR count). The van der Waals surface area contributed by atoms with Crippen LogP contribution < -0.4 is 5.73 Å². The lowest BCUT2D eigenvalue weighted by atomic mass is 10.0. The van der Waals surface area contributed by atoms with Crippen molar-refractivity contribution in [3.8, 4) is 11.3 Å². The van der Waals surface area contributed by atoms with E-state index in [-0.39, 0.29) is 6.04 Å². The van der Waals surface area contributed by atoms with Gasteiger partial charge in [0.1, 0.15) is 5.82 Å². The zero-order chi connectivity index (χ0) is 21.9. The van der Waals surface area contributed by atoms with Crippen LogP contribution >= 0.6 is 0 Å². The number of fused-ring (bicyclic) bond motifs is 1. The fourth-order valence-electron chi connectivity index (χ4n) is 5.55. The Hall–Kier alpha value is -2.13. The van der Waals surface area contributed by atoms with E-state index < -0.39 is 17.6 Å². The van der Waals surface area contributed by atoms with E-state index in [1.165, 1.54) is 19.0 Å². The summed E-state index contributed by atoms with van der Waals surface area (Å²) in [6, 6.07) is 3.77. The topological polar surface area (TPSA) is 69.2 Å². The number of nitrogens with zero attached hydrogens (tertiary/aromatic N) is 4. The first-order valence-electron chi connectivity index (χ1n) is 11.0. The Labute approximate surface area is 179 Å². The summed E-state index contributed by atoms with van der Waals surface area (Å²) in [6.07, 6.45) is -0.812. The van der Waals surface area contributed by atoms with Gasteiger partial charge in [-0.2, -0.15) is 18.3 Å². The van der Waals surface area contributed by atoms with Crippen molar-refractivity contribution in [2.75, 3.05) is 32.0 Å². The lowest BCUT2D eigenvalue weighted by Gasteiger charge is -2.33. The van der Waals surface area contributed by atoms with E-state index in [0.29, 0.717) is 35.1 Å². The van der Waals surface area contributed by atoms with Gasteiger partial charge in [0.25, 0.3) is 0 Å². The average Bonchev–Trinajstić information content (AvgIpc) is 3.09. The third-order valence-electron chi connectivity index (χ3n) is 7.10. The molecule has 6 nitrogen and oxygen atoms in total. The minimum absolute atomic E-state index is 0.129. The van der Waals surface area contributed by atoms with E-state index in [0.717, 1.165) is 38.1 Å². The highest BCUT2D eigenvalue weighted by molar-refractivity contribution is 5.63. The predicted octanol–water partition coefficient (Wildman–Crippen LogP) is 3.95. The zero-order valence-electron chi connectivity index (χ0n) is 17.8. The van der Waals surface area contributed by atoms with E-state index in [4.69, 9.17) is 10.5 Å². The summed E-state index contributed by atoms with van der Waals surface area (Å²) in [4.78, 5) is 6.33. The van der Waals surface area contributed by atoms with Gasteiger partial charge in [0, 0.05) is 48.5 Å². The fourth-order valence-corrected chi connectivity index (χ4v) is 5.55. The largest absolute Gasteiger partial charge is 0.419 e. The number of hydrogen-bond acceptors (Lipinski definition) is 5. The van der Waals surface area contributed by atoms with Gasteiger partial charge in [-0.25, -0.2) is 4.98 Å².